The summed E-state index contributed by atoms with van der Waals surface area (Å²) in [5.74, 6) is 0.991. The Hall–Kier alpha value is -4.57. The van der Waals surface area contributed by atoms with Crippen molar-refractivity contribution in [2.24, 2.45) is 0 Å². The minimum Gasteiger partial charge on any atom is -0.495 e. The van der Waals surface area contributed by atoms with Crippen molar-refractivity contribution < 1.29 is 14.3 Å². The number of benzene rings is 2. The summed E-state index contributed by atoms with van der Waals surface area (Å²) in [6, 6.07) is 12.5. The van der Waals surface area contributed by atoms with E-state index in [0.29, 0.717) is 17.3 Å². The molecular weight excluding hydrogens is 530 g/mol. The molecule has 10 nitrogen and oxygen atoms in total. The first kappa shape index (κ1) is 27.0. The first-order valence-corrected chi connectivity index (χ1v) is 13.3. The van der Waals surface area contributed by atoms with Crippen LogP contribution < -0.4 is 20.7 Å². The van der Waals surface area contributed by atoms with E-state index in [1.165, 1.54) is 29.2 Å². The molecule has 2 aromatic carbocycles. The maximum atomic E-state index is 12.2. The number of aryl methyl sites for hydroxylation is 1. The van der Waals surface area contributed by atoms with Gasteiger partial charge in [0.1, 0.15) is 22.2 Å². The van der Waals surface area contributed by atoms with Gasteiger partial charge in [0.2, 0.25) is 5.95 Å². The average Bonchev–Trinajstić information content (AvgIpc) is 3.68. The van der Waals surface area contributed by atoms with Gasteiger partial charge in [-0.2, -0.15) is 10.1 Å². The molecule has 0 spiro atoms. The highest BCUT2D eigenvalue weighted by atomic mass is 35.5. The molecule has 1 aliphatic rings. The number of allylic oxidation sites excluding steroid dienone is 1. The molecule has 4 aromatic rings. The van der Waals surface area contributed by atoms with Gasteiger partial charge in [0, 0.05) is 12.7 Å². The van der Waals surface area contributed by atoms with Gasteiger partial charge in [-0.3, -0.25) is 5.10 Å². The number of ether oxygens (including phenoxy) is 2. The van der Waals surface area contributed by atoms with E-state index in [2.05, 4.69) is 60.4 Å². The molecule has 0 aliphatic heterocycles. The van der Waals surface area contributed by atoms with E-state index in [9.17, 15) is 4.79 Å². The Bertz CT molecular complexity index is 1580. The predicted octanol–water partition coefficient (Wildman–Crippen LogP) is 6.23. The highest BCUT2D eigenvalue weighted by molar-refractivity contribution is 6.33. The lowest BCUT2D eigenvalue weighted by Gasteiger charge is -2.16. The summed E-state index contributed by atoms with van der Waals surface area (Å²) >= 11 is 6.34. The minimum atomic E-state index is -0.514. The molecule has 2 aromatic heterocycles. The van der Waals surface area contributed by atoms with Crippen molar-refractivity contribution in [2.75, 3.05) is 31.4 Å². The van der Waals surface area contributed by atoms with Crippen LogP contribution in [0.25, 0.3) is 16.8 Å². The summed E-state index contributed by atoms with van der Waals surface area (Å²) < 4.78 is 10.8. The van der Waals surface area contributed by atoms with Crippen LogP contribution in [0.3, 0.4) is 0 Å². The number of hydrogen-bond acceptors (Lipinski definition) is 9. The third kappa shape index (κ3) is 5.72. The van der Waals surface area contributed by atoms with Crippen molar-refractivity contribution in [3.8, 4) is 16.9 Å². The third-order valence-electron chi connectivity index (χ3n) is 6.50. The molecule has 1 fully saturated rings. The number of aromatic amines is 1. The van der Waals surface area contributed by atoms with Gasteiger partial charge >= 0.3 is 5.97 Å². The summed E-state index contributed by atoms with van der Waals surface area (Å²) in [4.78, 5) is 21.0. The monoisotopic (exact) mass is 559 g/mol. The average molecular weight is 560 g/mol. The van der Waals surface area contributed by atoms with E-state index in [0.717, 1.165) is 29.5 Å². The lowest BCUT2D eigenvalue weighted by molar-refractivity contribution is 0.0527. The lowest BCUT2D eigenvalue weighted by atomic mass is 9.97. The number of carbonyl (C=O) groups is 1. The summed E-state index contributed by atoms with van der Waals surface area (Å²) in [5, 5.41) is 16.5. The second kappa shape index (κ2) is 11.7. The number of hydrogen-bond donors (Lipinski definition) is 4. The Morgan fingerprint density at radius 2 is 1.90 bits per heavy atom. The number of halogens is 1. The number of H-pyrrole nitrogens is 1. The summed E-state index contributed by atoms with van der Waals surface area (Å²) in [6.07, 6.45) is 5.16. The van der Waals surface area contributed by atoms with Crippen LogP contribution in [-0.4, -0.2) is 46.9 Å². The fourth-order valence-corrected chi connectivity index (χ4v) is 4.56. The Labute approximate surface area is 237 Å². The van der Waals surface area contributed by atoms with Crippen LogP contribution >= 0.6 is 11.6 Å². The normalized spacial score (nSPS) is 12.1. The van der Waals surface area contributed by atoms with Gasteiger partial charge in [-0.05, 0) is 66.6 Å². The highest BCUT2D eigenvalue weighted by Gasteiger charge is 2.19. The number of aromatic nitrogens is 4. The molecule has 0 radical (unpaired) electrons. The van der Waals surface area contributed by atoms with Crippen LogP contribution in [0.1, 0.15) is 41.3 Å². The van der Waals surface area contributed by atoms with Crippen LogP contribution in [0.2, 0.25) is 5.02 Å². The molecular formula is C29H30ClN7O3. The number of carbonyl (C=O) groups excluding carboxylic acids is 1. The van der Waals surface area contributed by atoms with Crippen molar-refractivity contribution in [3.05, 3.63) is 76.1 Å². The van der Waals surface area contributed by atoms with E-state index in [1.807, 2.05) is 26.1 Å². The second-order valence-corrected chi connectivity index (χ2v) is 9.60. The van der Waals surface area contributed by atoms with Gasteiger partial charge in [-0.1, -0.05) is 35.9 Å². The standard InChI is InChI=1S/C29H30ClN7O3/c1-5-40-28(38)21-14-33-37-26(21)35-27-22(30)15-32-29(36-27)34-23-12-16(2)20(13-24(23)39-4)17-6-8-18(9-7-17)25(31-3)19-10-11-19/h6-9,12-15,31H,5,10-11H2,1-4H3,(H3,32,33,34,35,36,37). The summed E-state index contributed by atoms with van der Waals surface area (Å²) in [7, 11) is 3.59. The molecule has 4 N–H and O–H groups in total. The zero-order valence-electron chi connectivity index (χ0n) is 22.7. The number of nitrogens with zero attached hydrogens (tertiary/aromatic N) is 3. The lowest BCUT2D eigenvalue weighted by Crippen LogP contribution is -2.08. The number of rotatable bonds is 10. The Morgan fingerprint density at radius 3 is 2.58 bits per heavy atom. The summed E-state index contributed by atoms with van der Waals surface area (Å²) in [6.45, 7) is 4.02. The maximum Gasteiger partial charge on any atom is 0.343 e. The van der Waals surface area contributed by atoms with E-state index in [4.69, 9.17) is 21.1 Å². The molecule has 0 amide bonds. The fourth-order valence-electron chi connectivity index (χ4n) is 4.42. The van der Waals surface area contributed by atoms with Crippen LogP contribution in [0.4, 0.5) is 23.3 Å². The number of anilines is 4. The Kier molecular flexibility index (Phi) is 7.88. The smallest absolute Gasteiger partial charge is 0.343 e. The molecule has 0 atom stereocenters. The van der Waals surface area contributed by atoms with Crippen molar-refractivity contribution in [3.63, 3.8) is 0 Å². The highest BCUT2D eigenvalue weighted by Crippen LogP contribution is 2.38. The van der Waals surface area contributed by atoms with Gasteiger partial charge < -0.3 is 25.4 Å². The largest absolute Gasteiger partial charge is 0.495 e. The van der Waals surface area contributed by atoms with Crippen molar-refractivity contribution in [1.29, 1.82) is 0 Å². The van der Waals surface area contributed by atoms with Crippen LogP contribution in [-0.2, 0) is 4.74 Å². The van der Waals surface area contributed by atoms with Crippen LogP contribution in [0.15, 0.2) is 54.4 Å². The first-order chi connectivity index (χ1) is 19.4. The molecule has 11 heteroatoms. The third-order valence-corrected chi connectivity index (χ3v) is 6.78. The minimum absolute atomic E-state index is 0.235. The zero-order valence-corrected chi connectivity index (χ0v) is 23.4. The Morgan fingerprint density at radius 1 is 1.12 bits per heavy atom. The Balaban J connectivity index is 1.39. The van der Waals surface area contributed by atoms with Gasteiger partial charge in [0.25, 0.3) is 0 Å². The number of esters is 1. The van der Waals surface area contributed by atoms with E-state index >= 15 is 0 Å². The molecule has 5 rings (SSSR count). The number of methoxy groups -OCH3 is 1. The molecule has 206 valence electrons. The van der Waals surface area contributed by atoms with Crippen molar-refractivity contribution in [2.45, 2.75) is 26.7 Å². The first-order valence-electron chi connectivity index (χ1n) is 12.9. The zero-order chi connectivity index (χ0) is 28.2. The van der Waals surface area contributed by atoms with Gasteiger partial charge in [0.05, 0.1) is 31.8 Å². The molecule has 2 heterocycles. The molecule has 40 heavy (non-hydrogen) atoms. The van der Waals surface area contributed by atoms with Crippen LogP contribution in [0.5, 0.6) is 5.75 Å². The SMILES string of the molecule is CCOC(=O)c1cn[nH]c1Nc1nc(Nc2cc(C)c(-c3ccc(C(NC)=C4CC4)cc3)cc2OC)ncc1Cl. The molecule has 0 bridgehead atoms. The molecule has 1 saturated carbocycles. The molecule has 0 saturated heterocycles. The van der Waals surface area contributed by atoms with E-state index in [1.54, 1.807) is 14.0 Å². The number of nitrogens with one attached hydrogen (secondary N) is 4. The van der Waals surface area contributed by atoms with E-state index < -0.39 is 5.97 Å². The quantitative estimate of drug-likeness (QED) is 0.167. The topological polar surface area (TPSA) is 126 Å². The van der Waals surface area contributed by atoms with Gasteiger partial charge in [-0.15, -0.1) is 0 Å². The fraction of sp³-hybridized carbons (Fsp3) is 0.241. The molecule has 0 unspecified atom stereocenters. The van der Waals surface area contributed by atoms with Gasteiger partial charge in [-0.25, -0.2) is 9.78 Å². The second-order valence-electron chi connectivity index (χ2n) is 9.19. The van der Waals surface area contributed by atoms with Gasteiger partial charge in [0.15, 0.2) is 5.82 Å². The van der Waals surface area contributed by atoms with Crippen molar-refractivity contribution >= 4 is 46.5 Å². The predicted molar refractivity (Wildman–Crippen MR) is 157 cm³/mol. The van der Waals surface area contributed by atoms with Crippen LogP contribution in [0, 0.1) is 6.92 Å². The molecule has 1 aliphatic carbocycles. The maximum absolute atomic E-state index is 12.2. The summed E-state index contributed by atoms with van der Waals surface area (Å²) in [5.41, 5.74) is 8.01. The van der Waals surface area contributed by atoms with Crippen molar-refractivity contribution in [1.82, 2.24) is 25.5 Å². The van der Waals surface area contributed by atoms with E-state index in [-0.39, 0.29) is 29.0 Å².